The van der Waals surface area contributed by atoms with Crippen LogP contribution in [0.4, 0.5) is 0 Å². The van der Waals surface area contributed by atoms with Crippen molar-refractivity contribution in [1.29, 1.82) is 0 Å². The number of carboxylic acids is 1. The van der Waals surface area contributed by atoms with Gasteiger partial charge in [-0.15, -0.1) is 22.7 Å². The third kappa shape index (κ3) is 2.45. The van der Waals surface area contributed by atoms with Crippen molar-refractivity contribution in [2.24, 2.45) is 0 Å². The summed E-state index contributed by atoms with van der Waals surface area (Å²) in [5.41, 5.74) is 2.03. The summed E-state index contributed by atoms with van der Waals surface area (Å²) in [4.78, 5) is 24.6. The minimum atomic E-state index is -0.926. The number of nitrogens with zero attached hydrogens (tertiary/aromatic N) is 3. The summed E-state index contributed by atoms with van der Waals surface area (Å²) in [6, 6.07) is 1.63. The van der Waals surface area contributed by atoms with Crippen LogP contribution >= 0.6 is 22.7 Å². The predicted molar refractivity (Wildman–Crippen MR) is 78.1 cm³/mol. The molecule has 3 rings (SSSR count). The molecule has 0 aromatic carbocycles. The van der Waals surface area contributed by atoms with Crippen molar-refractivity contribution in [1.82, 2.24) is 15.0 Å². The van der Waals surface area contributed by atoms with E-state index in [-0.39, 0.29) is 5.56 Å². The smallest absolute Gasteiger partial charge is 0.336 e. The molecular weight excluding hydrogens is 294 g/mol. The number of aryl methyl sites for hydroxylation is 1. The molecule has 0 saturated heterocycles. The van der Waals surface area contributed by atoms with Gasteiger partial charge in [-0.25, -0.2) is 19.7 Å². The summed E-state index contributed by atoms with van der Waals surface area (Å²) in [5, 5.41) is 13.1. The lowest BCUT2D eigenvalue weighted by Gasteiger charge is -1.94. The highest BCUT2D eigenvalue weighted by Gasteiger charge is 2.12. The van der Waals surface area contributed by atoms with Crippen LogP contribution in [0.1, 0.15) is 15.9 Å². The fourth-order valence-corrected chi connectivity index (χ4v) is 3.26. The minimum absolute atomic E-state index is 0.283. The lowest BCUT2D eigenvalue weighted by molar-refractivity contribution is 0.0697. The second-order valence-electron chi connectivity index (χ2n) is 4.13. The number of hydrogen-bond donors (Lipinski definition) is 1. The Morgan fingerprint density at radius 2 is 1.95 bits per heavy atom. The van der Waals surface area contributed by atoms with Gasteiger partial charge < -0.3 is 5.11 Å². The van der Waals surface area contributed by atoms with Crippen molar-refractivity contribution in [3.05, 3.63) is 40.3 Å². The number of thiophene rings is 1. The Morgan fingerprint density at radius 3 is 2.60 bits per heavy atom. The molecule has 5 nitrogen and oxygen atoms in total. The SMILES string of the molecule is Cc1cnc(-c2nc(-c3cc(C(=O)O)cs3)cs2)nc1. The second-order valence-corrected chi connectivity index (χ2v) is 5.90. The van der Waals surface area contributed by atoms with Crippen LogP contribution in [0.15, 0.2) is 29.2 Å². The van der Waals surface area contributed by atoms with Crippen molar-refractivity contribution >= 4 is 28.6 Å². The highest BCUT2D eigenvalue weighted by molar-refractivity contribution is 7.15. The first kappa shape index (κ1) is 12.9. The van der Waals surface area contributed by atoms with E-state index in [0.29, 0.717) is 5.82 Å². The molecule has 0 fully saturated rings. The van der Waals surface area contributed by atoms with Crippen LogP contribution in [0.2, 0.25) is 0 Å². The van der Waals surface area contributed by atoms with Crippen LogP contribution in [-0.2, 0) is 0 Å². The van der Waals surface area contributed by atoms with Gasteiger partial charge in [0, 0.05) is 23.2 Å². The van der Waals surface area contributed by atoms with Crippen molar-refractivity contribution in [2.45, 2.75) is 6.92 Å². The van der Waals surface area contributed by atoms with Gasteiger partial charge in [0.05, 0.1) is 16.1 Å². The molecule has 0 amide bonds. The molecule has 0 radical (unpaired) electrons. The van der Waals surface area contributed by atoms with Gasteiger partial charge in [-0.1, -0.05) is 0 Å². The highest BCUT2D eigenvalue weighted by Crippen LogP contribution is 2.31. The van der Waals surface area contributed by atoms with Gasteiger partial charge in [0.2, 0.25) is 0 Å². The van der Waals surface area contributed by atoms with E-state index >= 15 is 0 Å². The Balaban J connectivity index is 1.93. The van der Waals surface area contributed by atoms with Crippen molar-refractivity contribution < 1.29 is 9.90 Å². The number of carboxylic acid groups (broad SMARTS) is 1. The zero-order valence-electron chi connectivity index (χ0n) is 10.4. The summed E-state index contributed by atoms with van der Waals surface area (Å²) in [6.45, 7) is 1.93. The molecule has 0 unspecified atom stereocenters. The van der Waals surface area contributed by atoms with Gasteiger partial charge >= 0.3 is 5.97 Å². The topological polar surface area (TPSA) is 76.0 Å². The zero-order valence-corrected chi connectivity index (χ0v) is 12.0. The number of aromatic carboxylic acids is 1. The fourth-order valence-electron chi connectivity index (χ4n) is 1.58. The minimum Gasteiger partial charge on any atom is -0.478 e. The van der Waals surface area contributed by atoms with Gasteiger partial charge in [0.1, 0.15) is 0 Å². The number of hydrogen-bond acceptors (Lipinski definition) is 6. The molecular formula is C13H9N3O2S2. The van der Waals surface area contributed by atoms with E-state index in [1.165, 1.54) is 22.7 Å². The van der Waals surface area contributed by atoms with Crippen LogP contribution in [0, 0.1) is 6.92 Å². The molecule has 100 valence electrons. The quantitative estimate of drug-likeness (QED) is 0.803. The summed E-state index contributed by atoms with van der Waals surface area (Å²) in [7, 11) is 0. The Bertz CT molecular complexity index is 762. The summed E-state index contributed by atoms with van der Waals surface area (Å²) < 4.78 is 0. The standard InChI is InChI=1S/C13H9N3O2S2/c1-7-3-14-11(15-4-7)12-16-9(6-20-12)10-2-8(5-19-10)13(17)18/h2-6H,1H3,(H,17,18). The Hall–Kier alpha value is -2.12. The second kappa shape index (κ2) is 5.10. The van der Waals surface area contributed by atoms with Crippen LogP contribution in [0.25, 0.3) is 21.4 Å². The molecule has 0 saturated carbocycles. The summed E-state index contributed by atoms with van der Waals surface area (Å²) in [6.07, 6.45) is 3.49. The van der Waals surface area contributed by atoms with Gasteiger partial charge in [-0.2, -0.15) is 0 Å². The zero-order chi connectivity index (χ0) is 14.1. The van der Waals surface area contributed by atoms with Crippen LogP contribution in [0.5, 0.6) is 0 Å². The third-order valence-corrected chi connectivity index (χ3v) is 4.37. The fraction of sp³-hybridized carbons (Fsp3) is 0.0769. The first-order valence-electron chi connectivity index (χ1n) is 5.70. The molecule has 20 heavy (non-hydrogen) atoms. The Kier molecular flexibility index (Phi) is 3.29. The Labute approximate surface area is 122 Å². The van der Waals surface area contributed by atoms with Crippen LogP contribution in [0.3, 0.4) is 0 Å². The van der Waals surface area contributed by atoms with E-state index < -0.39 is 5.97 Å². The molecule has 1 N–H and O–H groups in total. The average Bonchev–Trinajstić information content (AvgIpc) is 3.08. The average molecular weight is 303 g/mol. The molecule has 0 atom stereocenters. The Morgan fingerprint density at radius 1 is 1.20 bits per heavy atom. The maximum absolute atomic E-state index is 10.9. The summed E-state index contributed by atoms with van der Waals surface area (Å²) >= 11 is 2.81. The highest BCUT2D eigenvalue weighted by atomic mass is 32.1. The molecule has 7 heteroatoms. The van der Waals surface area contributed by atoms with E-state index in [0.717, 1.165) is 21.1 Å². The van der Waals surface area contributed by atoms with Gasteiger partial charge in [-0.05, 0) is 18.6 Å². The van der Waals surface area contributed by atoms with Crippen molar-refractivity contribution in [3.63, 3.8) is 0 Å². The van der Waals surface area contributed by atoms with Crippen molar-refractivity contribution in [2.75, 3.05) is 0 Å². The molecule has 0 spiro atoms. The number of rotatable bonds is 3. The van der Waals surface area contributed by atoms with E-state index in [9.17, 15) is 4.79 Å². The number of aromatic nitrogens is 3. The van der Waals surface area contributed by atoms with Gasteiger partial charge in [-0.3, -0.25) is 0 Å². The first-order valence-corrected chi connectivity index (χ1v) is 7.46. The monoisotopic (exact) mass is 303 g/mol. The normalized spacial score (nSPS) is 10.7. The lowest BCUT2D eigenvalue weighted by atomic mass is 10.3. The maximum atomic E-state index is 10.9. The van der Waals surface area contributed by atoms with Crippen molar-refractivity contribution in [3.8, 4) is 21.4 Å². The summed E-state index contributed by atoms with van der Waals surface area (Å²) in [5.74, 6) is -0.341. The molecule has 3 heterocycles. The van der Waals surface area contributed by atoms with Crippen LogP contribution in [-0.4, -0.2) is 26.0 Å². The van der Waals surface area contributed by atoms with Gasteiger partial charge in [0.25, 0.3) is 0 Å². The predicted octanol–water partition coefficient (Wildman–Crippen LogP) is 3.34. The molecule has 3 aromatic rings. The maximum Gasteiger partial charge on any atom is 0.336 e. The largest absolute Gasteiger partial charge is 0.478 e. The molecule has 0 aliphatic rings. The van der Waals surface area contributed by atoms with E-state index in [4.69, 9.17) is 5.11 Å². The third-order valence-electron chi connectivity index (χ3n) is 2.58. The number of carbonyl (C=O) groups is 1. The molecule has 0 aliphatic heterocycles. The van der Waals surface area contributed by atoms with E-state index in [1.807, 2.05) is 12.3 Å². The molecule has 0 aliphatic carbocycles. The molecule has 0 bridgehead atoms. The number of thiazole rings is 1. The van der Waals surface area contributed by atoms with Crippen LogP contribution < -0.4 is 0 Å². The first-order chi connectivity index (χ1) is 9.63. The molecule has 3 aromatic heterocycles. The van der Waals surface area contributed by atoms with Gasteiger partial charge in [0.15, 0.2) is 10.8 Å². The van der Waals surface area contributed by atoms with E-state index in [2.05, 4.69) is 15.0 Å². The van der Waals surface area contributed by atoms with E-state index in [1.54, 1.807) is 23.8 Å². The lowest BCUT2D eigenvalue weighted by Crippen LogP contribution is -1.91.